The minimum atomic E-state index is 1.22. The lowest BCUT2D eigenvalue weighted by atomic mass is 10.0. The Labute approximate surface area is 69.3 Å². The predicted molar refractivity (Wildman–Crippen MR) is 49.9 cm³/mol. The molecule has 0 heteroatoms. The van der Waals surface area contributed by atoms with E-state index >= 15 is 0 Å². The Morgan fingerprint density at radius 1 is 1.18 bits per heavy atom. The summed E-state index contributed by atoms with van der Waals surface area (Å²) in [6.45, 7) is 6.61. The van der Waals surface area contributed by atoms with Crippen LogP contribution in [0.25, 0.3) is 0 Å². The quantitative estimate of drug-likeness (QED) is 0.604. The standard InChI is InChI=1S/C11H16/c1-4-6-11-8-5-7-9(2)10(11)3/h5,7-8H,4,6H2,1-3H3. The van der Waals surface area contributed by atoms with Gasteiger partial charge < -0.3 is 0 Å². The van der Waals surface area contributed by atoms with Gasteiger partial charge in [-0.25, -0.2) is 0 Å². The van der Waals surface area contributed by atoms with Gasteiger partial charge in [-0.05, 0) is 37.0 Å². The summed E-state index contributed by atoms with van der Waals surface area (Å²) in [5.74, 6) is 0. The van der Waals surface area contributed by atoms with E-state index in [2.05, 4.69) is 39.0 Å². The van der Waals surface area contributed by atoms with Gasteiger partial charge in [-0.3, -0.25) is 0 Å². The van der Waals surface area contributed by atoms with Crippen molar-refractivity contribution >= 4 is 0 Å². The molecule has 0 aliphatic carbocycles. The van der Waals surface area contributed by atoms with Crippen LogP contribution in [0, 0.1) is 13.8 Å². The van der Waals surface area contributed by atoms with E-state index in [1.807, 2.05) is 0 Å². The molecule has 1 aromatic rings. The highest BCUT2D eigenvalue weighted by atomic mass is 14.0. The highest BCUT2D eigenvalue weighted by Gasteiger charge is 1.97. The number of hydrogen-bond donors (Lipinski definition) is 0. The summed E-state index contributed by atoms with van der Waals surface area (Å²) in [5.41, 5.74) is 4.39. The molecule has 0 spiro atoms. The van der Waals surface area contributed by atoms with Crippen molar-refractivity contribution in [1.82, 2.24) is 0 Å². The molecular weight excluding hydrogens is 132 g/mol. The van der Waals surface area contributed by atoms with Crippen molar-refractivity contribution in [3.8, 4) is 0 Å². The average Bonchev–Trinajstić information content (AvgIpc) is 1.99. The minimum absolute atomic E-state index is 1.22. The lowest BCUT2D eigenvalue weighted by Gasteiger charge is -2.05. The molecular formula is C11H16. The summed E-state index contributed by atoms with van der Waals surface area (Å²) in [7, 11) is 0. The zero-order valence-corrected chi connectivity index (χ0v) is 7.65. The molecule has 0 amide bonds. The van der Waals surface area contributed by atoms with Crippen LogP contribution in [0.1, 0.15) is 30.0 Å². The second-order valence-electron chi connectivity index (χ2n) is 3.11. The van der Waals surface area contributed by atoms with Crippen LogP contribution in [0.2, 0.25) is 0 Å². The molecule has 0 fully saturated rings. The average molecular weight is 148 g/mol. The molecule has 0 nitrogen and oxygen atoms in total. The SMILES string of the molecule is CCCc1cccc(C)c1C. The van der Waals surface area contributed by atoms with Crippen LogP contribution >= 0.6 is 0 Å². The van der Waals surface area contributed by atoms with Gasteiger partial charge in [0, 0.05) is 0 Å². The van der Waals surface area contributed by atoms with Crippen molar-refractivity contribution in [3.05, 3.63) is 34.9 Å². The number of rotatable bonds is 2. The van der Waals surface area contributed by atoms with Crippen LogP contribution < -0.4 is 0 Å². The van der Waals surface area contributed by atoms with E-state index in [0.717, 1.165) is 0 Å². The van der Waals surface area contributed by atoms with Crippen LogP contribution in [-0.2, 0) is 6.42 Å². The molecule has 0 aliphatic rings. The number of hydrogen-bond acceptors (Lipinski definition) is 0. The van der Waals surface area contributed by atoms with Gasteiger partial charge >= 0.3 is 0 Å². The predicted octanol–water partition coefficient (Wildman–Crippen LogP) is 3.26. The highest BCUT2D eigenvalue weighted by Crippen LogP contribution is 2.13. The molecule has 1 rings (SSSR count). The van der Waals surface area contributed by atoms with E-state index in [1.165, 1.54) is 29.5 Å². The van der Waals surface area contributed by atoms with Gasteiger partial charge in [-0.15, -0.1) is 0 Å². The van der Waals surface area contributed by atoms with Crippen molar-refractivity contribution in [2.45, 2.75) is 33.6 Å². The molecule has 0 N–H and O–H groups in total. The van der Waals surface area contributed by atoms with E-state index in [1.54, 1.807) is 0 Å². The lowest BCUT2D eigenvalue weighted by molar-refractivity contribution is 0.910. The normalized spacial score (nSPS) is 10.1. The Bertz CT molecular complexity index is 236. The summed E-state index contributed by atoms with van der Waals surface area (Å²) in [6.07, 6.45) is 2.46. The Kier molecular flexibility index (Phi) is 2.70. The van der Waals surface area contributed by atoms with Crippen molar-refractivity contribution in [1.29, 1.82) is 0 Å². The fourth-order valence-corrected chi connectivity index (χ4v) is 1.35. The third-order valence-electron chi connectivity index (χ3n) is 2.24. The van der Waals surface area contributed by atoms with E-state index < -0.39 is 0 Å². The van der Waals surface area contributed by atoms with Crippen molar-refractivity contribution in [2.75, 3.05) is 0 Å². The van der Waals surface area contributed by atoms with E-state index in [9.17, 15) is 0 Å². The molecule has 1 aromatic carbocycles. The molecule has 0 heterocycles. The molecule has 0 bridgehead atoms. The first-order valence-electron chi connectivity index (χ1n) is 4.30. The summed E-state index contributed by atoms with van der Waals surface area (Å²) in [5, 5.41) is 0. The van der Waals surface area contributed by atoms with Gasteiger partial charge in [-0.2, -0.15) is 0 Å². The number of aryl methyl sites for hydroxylation is 2. The fourth-order valence-electron chi connectivity index (χ4n) is 1.35. The van der Waals surface area contributed by atoms with Crippen molar-refractivity contribution < 1.29 is 0 Å². The lowest BCUT2D eigenvalue weighted by Crippen LogP contribution is -1.90. The molecule has 0 aliphatic heterocycles. The van der Waals surface area contributed by atoms with E-state index in [4.69, 9.17) is 0 Å². The Hall–Kier alpha value is -0.780. The summed E-state index contributed by atoms with van der Waals surface area (Å²) < 4.78 is 0. The first-order valence-corrected chi connectivity index (χ1v) is 4.30. The van der Waals surface area contributed by atoms with Crippen LogP contribution in [0.3, 0.4) is 0 Å². The van der Waals surface area contributed by atoms with E-state index in [-0.39, 0.29) is 0 Å². The van der Waals surface area contributed by atoms with Crippen molar-refractivity contribution in [2.24, 2.45) is 0 Å². The molecule has 0 saturated carbocycles. The summed E-state index contributed by atoms with van der Waals surface area (Å²) in [4.78, 5) is 0. The second-order valence-corrected chi connectivity index (χ2v) is 3.11. The van der Waals surface area contributed by atoms with Crippen LogP contribution in [0.5, 0.6) is 0 Å². The van der Waals surface area contributed by atoms with Gasteiger partial charge in [0.1, 0.15) is 0 Å². The van der Waals surface area contributed by atoms with Gasteiger partial charge in [0.05, 0.1) is 0 Å². The highest BCUT2D eigenvalue weighted by molar-refractivity contribution is 5.32. The monoisotopic (exact) mass is 148 g/mol. The topological polar surface area (TPSA) is 0 Å². The van der Waals surface area contributed by atoms with Crippen molar-refractivity contribution in [3.63, 3.8) is 0 Å². The van der Waals surface area contributed by atoms with Crippen LogP contribution in [0.15, 0.2) is 18.2 Å². The fraction of sp³-hybridized carbons (Fsp3) is 0.455. The Balaban J connectivity index is 2.96. The summed E-state index contributed by atoms with van der Waals surface area (Å²) >= 11 is 0. The largest absolute Gasteiger partial charge is 0.0651 e. The maximum absolute atomic E-state index is 2.23. The number of benzene rings is 1. The van der Waals surface area contributed by atoms with Gasteiger partial charge in [0.2, 0.25) is 0 Å². The maximum Gasteiger partial charge on any atom is -0.0279 e. The first kappa shape index (κ1) is 8.32. The summed E-state index contributed by atoms with van der Waals surface area (Å²) in [6, 6.07) is 6.55. The third-order valence-corrected chi connectivity index (χ3v) is 2.24. The maximum atomic E-state index is 2.23. The Morgan fingerprint density at radius 3 is 2.55 bits per heavy atom. The third kappa shape index (κ3) is 1.83. The van der Waals surface area contributed by atoms with Gasteiger partial charge in [-0.1, -0.05) is 31.5 Å². The molecule has 60 valence electrons. The Morgan fingerprint density at radius 2 is 1.91 bits per heavy atom. The molecule has 0 radical (unpaired) electrons. The molecule has 0 unspecified atom stereocenters. The van der Waals surface area contributed by atoms with Crippen LogP contribution in [0.4, 0.5) is 0 Å². The first-order chi connectivity index (χ1) is 5.25. The van der Waals surface area contributed by atoms with Gasteiger partial charge in [0.25, 0.3) is 0 Å². The minimum Gasteiger partial charge on any atom is -0.0651 e. The van der Waals surface area contributed by atoms with Gasteiger partial charge in [0.15, 0.2) is 0 Å². The zero-order chi connectivity index (χ0) is 8.27. The second kappa shape index (κ2) is 3.56. The van der Waals surface area contributed by atoms with Crippen LogP contribution in [-0.4, -0.2) is 0 Å². The molecule has 0 aromatic heterocycles. The smallest absolute Gasteiger partial charge is 0.0279 e. The zero-order valence-electron chi connectivity index (χ0n) is 7.65. The molecule has 0 atom stereocenters. The van der Waals surface area contributed by atoms with E-state index in [0.29, 0.717) is 0 Å². The molecule has 0 saturated heterocycles. The molecule has 11 heavy (non-hydrogen) atoms.